The van der Waals surface area contributed by atoms with Gasteiger partial charge < -0.3 is 4.74 Å². The third-order valence-corrected chi connectivity index (χ3v) is 12.2. The molecular weight excluding hydrogens is 731 g/mol. The molecule has 0 radical (unpaired) electrons. The highest BCUT2D eigenvalue weighted by Gasteiger charge is 2.51. The van der Waals surface area contributed by atoms with E-state index in [-0.39, 0.29) is 0 Å². The minimum atomic E-state index is -0.612. The number of fused-ring (bicyclic) bond motifs is 10. The monoisotopic (exact) mass is 765 g/mol. The molecule has 0 N–H and O–H groups in total. The van der Waals surface area contributed by atoms with Crippen molar-refractivity contribution in [3.8, 4) is 79.0 Å². The van der Waals surface area contributed by atoms with Gasteiger partial charge in [-0.25, -0.2) is 15.0 Å². The molecular formula is C56H35N3O. The van der Waals surface area contributed by atoms with Gasteiger partial charge in [0.05, 0.1) is 5.41 Å². The lowest BCUT2D eigenvalue weighted by Gasteiger charge is -2.39. The zero-order chi connectivity index (χ0) is 39.6. The van der Waals surface area contributed by atoms with Crippen LogP contribution in [0.5, 0.6) is 11.5 Å². The average Bonchev–Trinajstić information content (AvgIpc) is 3.61. The summed E-state index contributed by atoms with van der Waals surface area (Å²) < 4.78 is 6.62. The standard InChI is InChI=1S/C56H35N3O/c1-3-15-36(16-4-1)42-32-43(37-17-5-2-6-18-37)34-44(33-42)55-58-53(40-28-27-38-19-7-8-20-39(38)31-40)57-54(59-55)41-29-30-46-45-21-9-10-22-47(45)56(50(46)35-41)48-23-11-13-25-51(48)60-52-26-14-12-24-49(52)56/h1-35H. The second-order valence-electron chi connectivity index (χ2n) is 15.5. The summed E-state index contributed by atoms with van der Waals surface area (Å²) in [6, 6.07) is 75.0. The summed E-state index contributed by atoms with van der Waals surface area (Å²) >= 11 is 0. The van der Waals surface area contributed by atoms with E-state index in [1.54, 1.807) is 0 Å². The van der Waals surface area contributed by atoms with Crippen LogP contribution in [0.15, 0.2) is 212 Å². The van der Waals surface area contributed by atoms with Crippen molar-refractivity contribution < 1.29 is 4.74 Å². The Morgan fingerprint density at radius 1 is 0.283 bits per heavy atom. The zero-order valence-corrected chi connectivity index (χ0v) is 32.5. The van der Waals surface area contributed by atoms with Gasteiger partial charge in [0.1, 0.15) is 11.5 Å². The first-order chi connectivity index (χ1) is 29.7. The van der Waals surface area contributed by atoms with Crippen LogP contribution >= 0.6 is 0 Å². The van der Waals surface area contributed by atoms with E-state index in [0.717, 1.165) is 67.0 Å². The third-order valence-electron chi connectivity index (χ3n) is 12.2. The molecule has 0 fully saturated rings. The fourth-order valence-corrected chi connectivity index (χ4v) is 9.44. The second kappa shape index (κ2) is 13.6. The van der Waals surface area contributed by atoms with Crippen LogP contribution in [0.1, 0.15) is 22.3 Å². The van der Waals surface area contributed by atoms with Gasteiger partial charge in [0.2, 0.25) is 0 Å². The Labute approximate surface area is 348 Å². The van der Waals surface area contributed by atoms with E-state index in [4.69, 9.17) is 19.7 Å². The first-order valence-electron chi connectivity index (χ1n) is 20.3. The lowest BCUT2D eigenvalue weighted by molar-refractivity contribution is 0.436. The van der Waals surface area contributed by atoms with Crippen LogP contribution in [0, 0.1) is 0 Å². The van der Waals surface area contributed by atoms with Gasteiger partial charge in [-0.05, 0) is 97.7 Å². The van der Waals surface area contributed by atoms with Crippen molar-refractivity contribution in [2.24, 2.45) is 0 Å². The predicted molar refractivity (Wildman–Crippen MR) is 242 cm³/mol. The molecule has 2 heterocycles. The maximum Gasteiger partial charge on any atom is 0.164 e. The molecule has 10 aromatic rings. The molecule has 12 rings (SSSR count). The van der Waals surface area contributed by atoms with Crippen LogP contribution in [-0.4, -0.2) is 15.0 Å². The van der Waals surface area contributed by atoms with Crippen molar-refractivity contribution in [3.63, 3.8) is 0 Å². The number of benzene rings is 9. The fourth-order valence-electron chi connectivity index (χ4n) is 9.44. The molecule has 0 saturated heterocycles. The minimum absolute atomic E-state index is 0.608. The van der Waals surface area contributed by atoms with Gasteiger partial charge >= 0.3 is 0 Å². The average molecular weight is 766 g/mol. The lowest BCUT2D eigenvalue weighted by atomic mass is 9.66. The van der Waals surface area contributed by atoms with Crippen LogP contribution in [0.4, 0.5) is 0 Å². The van der Waals surface area contributed by atoms with E-state index in [1.165, 1.54) is 27.6 Å². The Morgan fingerprint density at radius 3 is 1.40 bits per heavy atom. The van der Waals surface area contributed by atoms with Crippen molar-refractivity contribution in [1.29, 1.82) is 0 Å². The highest BCUT2D eigenvalue weighted by Crippen LogP contribution is 2.62. The topological polar surface area (TPSA) is 47.9 Å². The third kappa shape index (κ3) is 5.35. The van der Waals surface area contributed by atoms with E-state index in [1.807, 2.05) is 0 Å². The number of para-hydroxylation sites is 2. The van der Waals surface area contributed by atoms with Crippen molar-refractivity contribution in [2.75, 3.05) is 0 Å². The van der Waals surface area contributed by atoms with Crippen molar-refractivity contribution >= 4 is 10.8 Å². The van der Waals surface area contributed by atoms with Gasteiger partial charge in [0.25, 0.3) is 0 Å². The zero-order valence-electron chi connectivity index (χ0n) is 32.5. The molecule has 0 bridgehead atoms. The van der Waals surface area contributed by atoms with Gasteiger partial charge in [-0.1, -0.05) is 170 Å². The molecule has 1 aliphatic heterocycles. The molecule has 1 aromatic heterocycles. The molecule has 9 aromatic carbocycles. The Hall–Kier alpha value is -7.95. The summed E-state index contributed by atoms with van der Waals surface area (Å²) in [5.41, 5.74) is 13.6. The molecule has 0 saturated carbocycles. The van der Waals surface area contributed by atoms with E-state index in [2.05, 4.69) is 212 Å². The SMILES string of the molecule is c1ccc(-c2cc(-c3ccccc3)cc(-c3nc(-c4ccc5c(c4)C4(c6ccccc6Oc6ccccc64)c4ccccc4-5)nc(-c4ccc5ccccc5c4)n3)c2)cc1. The molecule has 0 amide bonds. The summed E-state index contributed by atoms with van der Waals surface area (Å²) in [5, 5.41) is 2.30. The van der Waals surface area contributed by atoms with E-state index in [0.29, 0.717) is 17.5 Å². The Balaban J connectivity index is 1.11. The Bertz CT molecular complexity index is 3200. The maximum absolute atomic E-state index is 6.62. The largest absolute Gasteiger partial charge is 0.457 e. The van der Waals surface area contributed by atoms with Crippen molar-refractivity contribution in [2.45, 2.75) is 5.41 Å². The molecule has 0 unspecified atom stereocenters. The van der Waals surface area contributed by atoms with Gasteiger partial charge in [-0.15, -0.1) is 0 Å². The molecule has 4 nitrogen and oxygen atoms in total. The molecule has 1 spiro atoms. The first-order valence-corrected chi connectivity index (χ1v) is 20.3. The maximum atomic E-state index is 6.62. The fraction of sp³-hybridized carbons (Fsp3) is 0.0179. The minimum Gasteiger partial charge on any atom is -0.457 e. The second-order valence-corrected chi connectivity index (χ2v) is 15.5. The molecule has 0 atom stereocenters. The number of nitrogens with zero attached hydrogens (tertiary/aromatic N) is 3. The first kappa shape index (κ1) is 34.1. The number of hydrogen-bond acceptors (Lipinski definition) is 4. The summed E-state index contributed by atoms with van der Waals surface area (Å²) in [7, 11) is 0. The number of aromatic nitrogens is 3. The smallest absolute Gasteiger partial charge is 0.164 e. The van der Waals surface area contributed by atoms with Gasteiger partial charge in [0.15, 0.2) is 17.5 Å². The number of hydrogen-bond donors (Lipinski definition) is 0. The Morgan fingerprint density at radius 2 is 0.750 bits per heavy atom. The quantitative estimate of drug-likeness (QED) is 0.175. The summed E-state index contributed by atoms with van der Waals surface area (Å²) in [4.78, 5) is 16.0. The van der Waals surface area contributed by atoms with Gasteiger partial charge in [0, 0.05) is 27.8 Å². The van der Waals surface area contributed by atoms with E-state index in [9.17, 15) is 0 Å². The Kier molecular flexibility index (Phi) is 7.72. The highest BCUT2D eigenvalue weighted by atomic mass is 16.5. The van der Waals surface area contributed by atoms with Crippen LogP contribution in [0.2, 0.25) is 0 Å². The van der Waals surface area contributed by atoms with Crippen LogP contribution in [0.3, 0.4) is 0 Å². The predicted octanol–water partition coefficient (Wildman–Crippen LogP) is 13.8. The van der Waals surface area contributed by atoms with Crippen molar-refractivity contribution in [1.82, 2.24) is 15.0 Å². The van der Waals surface area contributed by atoms with Crippen LogP contribution in [0.25, 0.3) is 78.3 Å². The molecule has 4 heteroatoms. The summed E-state index contributed by atoms with van der Waals surface area (Å²) in [6.07, 6.45) is 0. The summed E-state index contributed by atoms with van der Waals surface area (Å²) in [5.74, 6) is 3.55. The molecule has 2 aliphatic rings. The number of rotatable bonds is 5. The lowest BCUT2D eigenvalue weighted by Crippen LogP contribution is -2.32. The van der Waals surface area contributed by atoms with Gasteiger partial charge in [-0.2, -0.15) is 0 Å². The van der Waals surface area contributed by atoms with Crippen molar-refractivity contribution in [3.05, 3.63) is 235 Å². The highest BCUT2D eigenvalue weighted by molar-refractivity contribution is 5.91. The van der Waals surface area contributed by atoms with E-state index < -0.39 is 5.41 Å². The van der Waals surface area contributed by atoms with Gasteiger partial charge in [-0.3, -0.25) is 0 Å². The molecule has 280 valence electrons. The normalized spacial score (nSPS) is 12.9. The summed E-state index contributed by atoms with van der Waals surface area (Å²) in [6.45, 7) is 0. The molecule has 60 heavy (non-hydrogen) atoms. The molecule has 1 aliphatic carbocycles. The number of ether oxygens (including phenoxy) is 1. The van der Waals surface area contributed by atoms with E-state index >= 15 is 0 Å². The van der Waals surface area contributed by atoms with Crippen LogP contribution < -0.4 is 4.74 Å². The van der Waals surface area contributed by atoms with Crippen LogP contribution in [-0.2, 0) is 5.41 Å².